The number of nitrogens with zero attached hydrogens (tertiary/aromatic N) is 2. The number of unbranched alkanes of at least 4 members (excludes halogenated alkanes) is 1. The van der Waals surface area contributed by atoms with Crippen molar-refractivity contribution in [1.82, 2.24) is 5.32 Å². The topological polar surface area (TPSA) is 53.6 Å². The van der Waals surface area contributed by atoms with Gasteiger partial charge in [-0.3, -0.25) is 4.99 Å². The second-order valence-electron chi connectivity index (χ2n) is 5.03. The Bertz CT molecular complexity index is 379. The van der Waals surface area contributed by atoms with Crippen LogP contribution < -0.4 is 16.0 Å². The number of benzene rings is 1. The molecule has 0 aliphatic carbocycles. The highest BCUT2D eigenvalue weighted by atomic mass is 127. The van der Waals surface area contributed by atoms with Gasteiger partial charge in [-0.05, 0) is 38.8 Å². The smallest absolute Gasteiger partial charge is 0.188 e. The first-order chi connectivity index (χ1) is 9.09. The van der Waals surface area contributed by atoms with Gasteiger partial charge in [0.25, 0.3) is 0 Å². The van der Waals surface area contributed by atoms with Crippen molar-refractivity contribution in [2.75, 3.05) is 25.0 Å². The summed E-state index contributed by atoms with van der Waals surface area (Å²) in [6.45, 7) is 5.93. The van der Waals surface area contributed by atoms with Crippen LogP contribution in [0.2, 0.25) is 0 Å². The highest BCUT2D eigenvalue weighted by Crippen LogP contribution is 2.11. The van der Waals surface area contributed by atoms with Crippen molar-refractivity contribution in [3.8, 4) is 0 Å². The van der Waals surface area contributed by atoms with Crippen LogP contribution in [0.1, 0.15) is 26.7 Å². The van der Waals surface area contributed by atoms with Crippen LogP contribution in [0, 0.1) is 0 Å². The minimum absolute atomic E-state index is 0. The fraction of sp³-hybridized carbons (Fsp3) is 0.533. The number of hydrogen-bond donors (Lipinski definition) is 2. The zero-order chi connectivity index (χ0) is 14.1. The van der Waals surface area contributed by atoms with E-state index in [0.717, 1.165) is 25.9 Å². The van der Waals surface area contributed by atoms with Gasteiger partial charge in [-0.1, -0.05) is 18.2 Å². The highest BCUT2D eigenvalue weighted by Gasteiger charge is 1.99. The van der Waals surface area contributed by atoms with Gasteiger partial charge in [0.2, 0.25) is 0 Å². The molecule has 1 aromatic rings. The monoisotopic (exact) mass is 390 g/mol. The summed E-state index contributed by atoms with van der Waals surface area (Å²) in [5.74, 6) is 0.548. The van der Waals surface area contributed by atoms with Crippen molar-refractivity contribution in [2.24, 2.45) is 10.7 Å². The molecule has 0 atom stereocenters. The van der Waals surface area contributed by atoms with Gasteiger partial charge in [0.15, 0.2) is 5.96 Å². The molecule has 0 saturated carbocycles. The van der Waals surface area contributed by atoms with Crippen molar-refractivity contribution in [3.63, 3.8) is 0 Å². The lowest BCUT2D eigenvalue weighted by atomic mass is 10.2. The molecular formula is C15H27IN4. The van der Waals surface area contributed by atoms with Crippen LogP contribution in [0.25, 0.3) is 0 Å². The minimum atomic E-state index is 0. The summed E-state index contributed by atoms with van der Waals surface area (Å²) in [6.07, 6.45) is 2.17. The van der Waals surface area contributed by atoms with E-state index in [1.54, 1.807) is 0 Å². The maximum atomic E-state index is 5.74. The Kier molecular flexibility index (Phi) is 10.2. The molecule has 4 nitrogen and oxygen atoms in total. The molecule has 0 aliphatic heterocycles. The van der Waals surface area contributed by atoms with Gasteiger partial charge in [-0.2, -0.15) is 0 Å². The molecule has 0 heterocycles. The van der Waals surface area contributed by atoms with Crippen molar-refractivity contribution in [1.29, 1.82) is 0 Å². The van der Waals surface area contributed by atoms with E-state index in [1.807, 2.05) is 6.07 Å². The number of rotatable bonds is 7. The summed E-state index contributed by atoms with van der Waals surface area (Å²) in [5.41, 5.74) is 6.99. The molecule has 0 aliphatic rings. The molecule has 114 valence electrons. The lowest BCUT2D eigenvalue weighted by Gasteiger charge is -2.18. The molecule has 5 heteroatoms. The highest BCUT2D eigenvalue weighted by molar-refractivity contribution is 14.0. The van der Waals surface area contributed by atoms with E-state index < -0.39 is 0 Å². The number of para-hydroxylation sites is 1. The van der Waals surface area contributed by atoms with Gasteiger partial charge in [0.05, 0.1) is 0 Å². The number of halogens is 1. The molecule has 0 aromatic heterocycles. The van der Waals surface area contributed by atoms with Gasteiger partial charge in [0.1, 0.15) is 0 Å². The van der Waals surface area contributed by atoms with Crippen LogP contribution in [0.3, 0.4) is 0 Å². The quantitative estimate of drug-likeness (QED) is 0.326. The van der Waals surface area contributed by atoms with Gasteiger partial charge in [-0.25, -0.2) is 0 Å². The first-order valence-corrected chi connectivity index (χ1v) is 6.92. The maximum absolute atomic E-state index is 5.74. The van der Waals surface area contributed by atoms with E-state index in [1.165, 1.54) is 5.69 Å². The summed E-state index contributed by atoms with van der Waals surface area (Å²) in [7, 11) is 2.12. The summed E-state index contributed by atoms with van der Waals surface area (Å²) in [6, 6.07) is 10.8. The van der Waals surface area contributed by atoms with Gasteiger partial charge < -0.3 is 16.0 Å². The molecule has 0 spiro atoms. The van der Waals surface area contributed by atoms with E-state index in [-0.39, 0.29) is 24.0 Å². The first-order valence-electron chi connectivity index (χ1n) is 6.92. The lowest BCUT2D eigenvalue weighted by molar-refractivity contribution is 0.705. The molecule has 0 bridgehead atoms. The van der Waals surface area contributed by atoms with Gasteiger partial charge >= 0.3 is 0 Å². The predicted octanol–water partition coefficient (Wildman–Crippen LogP) is 2.83. The summed E-state index contributed by atoms with van der Waals surface area (Å²) >= 11 is 0. The van der Waals surface area contributed by atoms with E-state index in [0.29, 0.717) is 12.0 Å². The van der Waals surface area contributed by atoms with Crippen molar-refractivity contribution >= 4 is 35.6 Å². The third kappa shape index (κ3) is 8.24. The number of nitrogens with one attached hydrogen (secondary N) is 1. The van der Waals surface area contributed by atoms with Crippen LogP contribution in [-0.2, 0) is 0 Å². The van der Waals surface area contributed by atoms with Crippen LogP contribution >= 0.6 is 24.0 Å². The summed E-state index contributed by atoms with van der Waals surface area (Å²) in [5, 5.41) is 3.09. The predicted molar refractivity (Wildman–Crippen MR) is 99.1 cm³/mol. The molecule has 1 aromatic carbocycles. The van der Waals surface area contributed by atoms with E-state index in [4.69, 9.17) is 5.73 Å². The van der Waals surface area contributed by atoms with Gasteiger partial charge in [-0.15, -0.1) is 24.0 Å². The second kappa shape index (κ2) is 10.8. The summed E-state index contributed by atoms with van der Waals surface area (Å²) < 4.78 is 0. The Morgan fingerprint density at radius 1 is 1.25 bits per heavy atom. The van der Waals surface area contributed by atoms with Crippen LogP contribution in [0.15, 0.2) is 35.3 Å². The number of guanidine groups is 1. The Hall–Kier alpha value is -0.980. The molecule has 0 saturated heterocycles. The van der Waals surface area contributed by atoms with E-state index >= 15 is 0 Å². The van der Waals surface area contributed by atoms with Crippen molar-refractivity contribution in [3.05, 3.63) is 30.3 Å². The fourth-order valence-corrected chi connectivity index (χ4v) is 1.81. The zero-order valence-corrected chi connectivity index (χ0v) is 15.0. The Morgan fingerprint density at radius 3 is 2.50 bits per heavy atom. The van der Waals surface area contributed by atoms with Crippen LogP contribution in [0.4, 0.5) is 5.69 Å². The summed E-state index contributed by atoms with van der Waals surface area (Å²) in [4.78, 5) is 6.56. The lowest BCUT2D eigenvalue weighted by Crippen LogP contribution is -2.36. The minimum Gasteiger partial charge on any atom is -0.375 e. The van der Waals surface area contributed by atoms with E-state index in [9.17, 15) is 0 Å². The molecule has 0 unspecified atom stereocenters. The average molecular weight is 390 g/mol. The molecular weight excluding hydrogens is 363 g/mol. The molecule has 0 fully saturated rings. The first kappa shape index (κ1) is 19.0. The number of hydrogen-bond acceptors (Lipinski definition) is 2. The number of aliphatic imine (C=N–C) groups is 1. The SMILES string of the molecule is CC(C)NC(N)=NCCCCN(C)c1ccccc1.I. The van der Waals surface area contributed by atoms with Crippen molar-refractivity contribution < 1.29 is 0 Å². The Morgan fingerprint density at radius 2 is 1.90 bits per heavy atom. The normalized spacial score (nSPS) is 11.1. The third-order valence-electron chi connectivity index (χ3n) is 2.82. The average Bonchev–Trinajstić information content (AvgIpc) is 2.38. The molecule has 3 N–H and O–H groups in total. The van der Waals surface area contributed by atoms with Gasteiger partial charge in [0, 0.05) is 31.9 Å². The van der Waals surface area contributed by atoms with Crippen LogP contribution in [-0.4, -0.2) is 32.1 Å². The standard InChI is InChI=1S/C15H26N4.HI/c1-13(2)18-15(16)17-11-7-8-12-19(3)14-9-5-4-6-10-14;/h4-6,9-10,13H,7-8,11-12H2,1-3H3,(H3,16,17,18);1H. The second-order valence-corrected chi connectivity index (χ2v) is 5.03. The molecule has 1 rings (SSSR count). The number of anilines is 1. The Balaban J connectivity index is 0.00000361. The fourth-order valence-electron chi connectivity index (χ4n) is 1.81. The molecule has 0 radical (unpaired) electrons. The molecule has 0 amide bonds. The molecule has 20 heavy (non-hydrogen) atoms. The maximum Gasteiger partial charge on any atom is 0.188 e. The van der Waals surface area contributed by atoms with Crippen LogP contribution in [0.5, 0.6) is 0 Å². The van der Waals surface area contributed by atoms with Crippen molar-refractivity contribution in [2.45, 2.75) is 32.7 Å². The third-order valence-corrected chi connectivity index (χ3v) is 2.82. The largest absolute Gasteiger partial charge is 0.375 e. The number of nitrogens with two attached hydrogens (primary N) is 1. The zero-order valence-electron chi connectivity index (χ0n) is 12.7. The van der Waals surface area contributed by atoms with E-state index in [2.05, 4.69) is 60.4 Å². The Labute approximate surface area is 139 Å².